The van der Waals surface area contributed by atoms with Crippen molar-refractivity contribution in [2.75, 3.05) is 4.90 Å². The van der Waals surface area contributed by atoms with Crippen molar-refractivity contribution in [3.8, 4) is 33.9 Å². The minimum absolute atomic E-state index is 0.634. The van der Waals surface area contributed by atoms with Crippen LogP contribution in [-0.4, -0.2) is 4.98 Å². The van der Waals surface area contributed by atoms with Crippen LogP contribution in [-0.2, 0) is 5.41 Å². The van der Waals surface area contributed by atoms with Crippen molar-refractivity contribution in [3.05, 3.63) is 204 Å². The molecule has 244 valence electrons. The zero-order chi connectivity index (χ0) is 34.2. The second kappa shape index (κ2) is 11.3. The Kier molecular flexibility index (Phi) is 6.34. The third-order valence-electron chi connectivity index (χ3n) is 10.8. The number of rotatable bonds is 4. The van der Waals surface area contributed by atoms with Gasteiger partial charge in [0.2, 0.25) is 0 Å². The first-order chi connectivity index (χ1) is 25.8. The first-order valence-electron chi connectivity index (χ1n) is 17.6. The third kappa shape index (κ3) is 4.04. The molecule has 0 amide bonds. The maximum absolute atomic E-state index is 6.95. The molecule has 0 unspecified atom stereocenters. The second-order valence-corrected chi connectivity index (χ2v) is 14.5. The summed E-state index contributed by atoms with van der Waals surface area (Å²) in [5, 5.41) is 2.49. The van der Waals surface area contributed by atoms with Crippen molar-refractivity contribution in [1.82, 2.24) is 4.98 Å². The lowest BCUT2D eigenvalue weighted by atomic mass is 9.65. The summed E-state index contributed by atoms with van der Waals surface area (Å²) in [5.74, 6) is 1.73. The summed E-state index contributed by atoms with van der Waals surface area (Å²) in [5.41, 5.74) is 11.8. The van der Waals surface area contributed by atoms with Crippen LogP contribution >= 0.6 is 11.3 Å². The van der Waals surface area contributed by atoms with Gasteiger partial charge in [-0.1, -0.05) is 115 Å². The van der Waals surface area contributed by atoms with Gasteiger partial charge in [0.15, 0.2) is 0 Å². The number of hydrogen-bond donors (Lipinski definition) is 0. The summed E-state index contributed by atoms with van der Waals surface area (Å²) >= 11 is 1.83. The molecule has 0 saturated heterocycles. The minimum Gasteiger partial charge on any atom is -0.457 e. The van der Waals surface area contributed by atoms with Crippen LogP contribution in [0.2, 0.25) is 0 Å². The molecule has 1 aliphatic carbocycles. The number of ether oxygens (including phenoxy) is 1. The molecule has 0 atom stereocenters. The number of aromatic nitrogens is 1. The van der Waals surface area contributed by atoms with E-state index < -0.39 is 5.41 Å². The molecule has 3 nitrogen and oxygen atoms in total. The topological polar surface area (TPSA) is 25.4 Å². The Balaban J connectivity index is 1.30. The highest BCUT2D eigenvalue weighted by Gasteiger charge is 2.52. The molecule has 1 spiro atoms. The number of para-hydroxylation sites is 2. The SMILES string of the molecule is c1ccc(N(c2cc3c(cc2-c2ccccn2)sc2ccccc23)c2cccc3c2C2(c4ccccc4O3)c3ccccc3-c3ccccc32)cc1. The Morgan fingerprint density at radius 2 is 1.15 bits per heavy atom. The van der Waals surface area contributed by atoms with Crippen LogP contribution in [0.4, 0.5) is 17.1 Å². The van der Waals surface area contributed by atoms with Crippen molar-refractivity contribution in [3.63, 3.8) is 0 Å². The minimum atomic E-state index is -0.634. The number of benzene rings is 7. The molecule has 0 radical (unpaired) electrons. The summed E-state index contributed by atoms with van der Waals surface area (Å²) in [7, 11) is 0. The number of hydrogen-bond acceptors (Lipinski definition) is 4. The van der Waals surface area contributed by atoms with Crippen LogP contribution in [0.1, 0.15) is 22.3 Å². The third-order valence-corrected chi connectivity index (χ3v) is 11.9. The van der Waals surface area contributed by atoms with Crippen molar-refractivity contribution in [2.24, 2.45) is 0 Å². The molecule has 0 fully saturated rings. The Morgan fingerprint density at radius 3 is 1.94 bits per heavy atom. The Bertz CT molecular complexity index is 2800. The predicted molar refractivity (Wildman–Crippen MR) is 215 cm³/mol. The van der Waals surface area contributed by atoms with Gasteiger partial charge in [0.1, 0.15) is 11.5 Å². The van der Waals surface area contributed by atoms with Gasteiger partial charge in [-0.15, -0.1) is 11.3 Å². The molecule has 1 aliphatic heterocycles. The van der Waals surface area contributed by atoms with E-state index in [4.69, 9.17) is 9.72 Å². The van der Waals surface area contributed by atoms with E-state index in [2.05, 4.69) is 175 Å². The van der Waals surface area contributed by atoms with Gasteiger partial charge in [0, 0.05) is 48.7 Å². The van der Waals surface area contributed by atoms with Crippen LogP contribution in [0.5, 0.6) is 11.5 Å². The first kappa shape index (κ1) is 29.3. The maximum Gasteiger partial charge on any atom is 0.134 e. The van der Waals surface area contributed by atoms with Crippen molar-refractivity contribution >= 4 is 48.6 Å². The smallest absolute Gasteiger partial charge is 0.134 e. The van der Waals surface area contributed by atoms with Crippen LogP contribution in [0.25, 0.3) is 42.6 Å². The van der Waals surface area contributed by atoms with Gasteiger partial charge in [-0.05, 0) is 82.9 Å². The number of pyridine rings is 1. The van der Waals surface area contributed by atoms with E-state index in [0.29, 0.717) is 0 Å². The van der Waals surface area contributed by atoms with Gasteiger partial charge in [0.25, 0.3) is 0 Å². The lowest BCUT2D eigenvalue weighted by Gasteiger charge is -2.42. The standard InChI is InChI=1S/C48H30N2OS/c1-2-15-31(16-3-1)50(42-29-35-34-19-6-11-27-45(34)52-46(35)30-36(42)40-23-12-13-28-49-40)41-24-14-26-44-47(41)48(39-22-9-10-25-43(39)51-44)37-20-7-4-17-32(37)33-18-5-8-21-38(33)48/h1-30H. The van der Waals surface area contributed by atoms with E-state index in [-0.39, 0.29) is 0 Å². The van der Waals surface area contributed by atoms with Gasteiger partial charge in [0.05, 0.1) is 22.5 Å². The lowest BCUT2D eigenvalue weighted by molar-refractivity contribution is 0.437. The Hall–Kier alpha value is -6.49. The van der Waals surface area contributed by atoms with Crippen molar-refractivity contribution in [2.45, 2.75) is 5.41 Å². The van der Waals surface area contributed by atoms with Gasteiger partial charge in [-0.3, -0.25) is 4.98 Å². The van der Waals surface area contributed by atoms with E-state index in [9.17, 15) is 0 Å². The molecule has 9 aromatic rings. The highest BCUT2D eigenvalue weighted by molar-refractivity contribution is 7.25. The van der Waals surface area contributed by atoms with E-state index in [1.165, 1.54) is 42.4 Å². The highest BCUT2D eigenvalue weighted by atomic mass is 32.1. The van der Waals surface area contributed by atoms with Crippen LogP contribution in [0, 0.1) is 0 Å². The fraction of sp³-hybridized carbons (Fsp3) is 0.0208. The fourth-order valence-corrected chi connectivity index (χ4v) is 9.87. The molecule has 3 heterocycles. The second-order valence-electron chi connectivity index (χ2n) is 13.4. The predicted octanol–water partition coefficient (Wildman–Crippen LogP) is 13.1. The van der Waals surface area contributed by atoms with Gasteiger partial charge < -0.3 is 9.64 Å². The quantitative estimate of drug-likeness (QED) is 0.185. The fourth-order valence-electron chi connectivity index (χ4n) is 8.74. The summed E-state index contributed by atoms with van der Waals surface area (Å²) in [4.78, 5) is 7.38. The first-order valence-corrected chi connectivity index (χ1v) is 18.4. The summed E-state index contributed by atoms with van der Waals surface area (Å²) < 4.78 is 9.46. The number of fused-ring (bicyclic) bond motifs is 12. The average molecular weight is 683 g/mol. The van der Waals surface area contributed by atoms with Gasteiger partial charge >= 0.3 is 0 Å². The van der Waals surface area contributed by atoms with Gasteiger partial charge in [-0.25, -0.2) is 0 Å². The molecular weight excluding hydrogens is 653 g/mol. The van der Waals surface area contributed by atoms with Gasteiger partial charge in [-0.2, -0.15) is 0 Å². The Morgan fingerprint density at radius 1 is 0.481 bits per heavy atom. The zero-order valence-corrected chi connectivity index (χ0v) is 28.8. The number of thiophene rings is 1. The van der Waals surface area contributed by atoms with Crippen molar-refractivity contribution in [1.29, 1.82) is 0 Å². The van der Waals surface area contributed by atoms with Crippen molar-refractivity contribution < 1.29 is 4.74 Å². The summed E-state index contributed by atoms with van der Waals surface area (Å²) in [6.07, 6.45) is 1.89. The molecule has 2 aliphatic rings. The number of nitrogens with zero attached hydrogens (tertiary/aromatic N) is 2. The van der Waals surface area contributed by atoms with E-state index in [1.807, 2.05) is 23.6 Å². The molecular formula is C48H30N2OS. The normalized spacial score (nSPS) is 13.3. The molecule has 4 heteroatoms. The summed E-state index contributed by atoms with van der Waals surface area (Å²) in [6.45, 7) is 0. The largest absolute Gasteiger partial charge is 0.457 e. The molecule has 0 saturated carbocycles. The lowest BCUT2D eigenvalue weighted by Crippen LogP contribution is -2.34. The van der Waals surface area contributed by atoms with E-state index >= 15 is 0 Å². The zero-order valence-electron chi connectivity index (χ0n) is 28.0. The maximum atomic E-state index is 6.95. The molecule has 52 heavy (non-hydrogen) atoms. The highest BCUT2D eigenvalue weighted by Crippen LogP contribution is 2.64. The Labute approximate surface area is 305 Å². The van der Waals surface area contributed by atoms with E-state index in [0.717, 1.165) is 50.9 Å². The van der Waals surface area contributed by atoms with Crippen LogP contribution in [0.3, 0.4) is 0 Å². The molecule has 0 N–H and O–H groups in total. The molecule has 2 aromatic heterocycles. The monoisotopic (exact) mass is 682 g/mol. The molecule has 11 rings (SSSR count). The van der Waals surface area contributed by atoms with Crippen LogP contribution < -0.4 is 9.64 Å². The number of anilines is 3. The van der Waals surface area contributed by atoms with Crippen LogP contribution in [0.15, 0.2) is 182 Å². The summed E-state index contributed by atoms with van der Waals surface area (Å²) in [6, 6.07) is 63.3. The van der Waals surface area contributed by atoms with E-state index in [1.54, 1.807) is 0 Å². The molecule has 7 aromatic carbocycles. The average Bonchev–Trinajstić information content (AvgIpc) is 3.72. The molecule has 0 bridgehead atoms.